The lowest BCUT2D eigenvalue weighted by atomic mass is 10.1. The van der Waals surface area contributed by atoms with Crippen LogP contribution in [-0.4, -0.2) is 48.1 Å². The standard InChI is InChI=1S/C14H19N5/c1-18-7-9-19(10-8-18)17-13-5-4-12-11(14(13)15)3-2-6-16-12/h2-6,17H,7-10,15H2,1H3. The molecule has 2 heterocycles. The highest BCUT2D eigenvalue weighted by Crippen LogP contribution is 2.27. The average Bonchev–Trinajstić information content (AvgIpc) is 2.45. The van der Waals surface area contributed by atoms with E-state index in [-0.39, 0.29) is 0 Å². The minimum Gasteiger partial charge on any atom is -0.396 e. The van der Waals surface area contributed by atoms with Gasteiger partial charge in [0.05, 0.1) is 16.9 Å². The van der Waals surface area contributed by atoms with E-state index in [0.29, 0.717) is 0 Å². The Kier molecular flexibility index (Phi) is 3.23. The zero-order valence-electron chi connectivity index (χ0n) is 11.1. The van der Waals surface area contributed by atoms with Gasteiger partial charge < -0.3 is 16.1 Å². The molecule has 1 aromatic carbocycles. The maximum atomic E-state index is 6.22. The summed E-state index contributed by atoms with van der Waals surface area (Å²) >= 11 is 0. The molecule has 1 saturated heterocycles. The van der Waals surface area contributed by atoms with Crippen molar-refractivity contribution in [2.75, 3.05) is 44.4 Å². The van der Waals surface area contributed by atoms with Gasteiger partial charge in [-0.15, -0.1) is 0 Å². The predicted octanol–water partition coefficient (Wildman–Crippen LogP) is 1.39. The SMILES string of the molecule is CN1CCN(Nc2ccc3ncccc3c2N)CC1. The van der Waals surface area contributed by atoms with Gasteiger partial charge in [-0.05, 0) is 31.3 Å². The number of pyridine rings is 1. The Morgan fingerprint density at radius 2 is 1.95 bits per heavy atom. The highest BCUT2D eigenvalue weighted by Gasteiger charge is 2.14. The summed E-state index contributed by atoms with van der Waals surface area (Å²) in [6, 6.07) is 7.93. The van der Waals surface area contributed by atoms with Crippen LogP contribution in [0.1, 0.15) is 0 Å². The van der Waals surface area contributed by atoms with Crippen molar-refractivity contribution in [3.8, 4) is 0 Å². The number of benzene rings is 1. The number of hydrogen-bond acceptors (Lipinski definition) is 5. The Morgan fingerprint density at radius 1 is 1.16 bits per heavy atom. The van der Waals surface area contributed by atoms with Gasteiger partial charge in [-0.2, -0.15) is 0 Å². The van der Waals surface area contributed by atoms with Gasteiger partial charge in [0.15, 0.2) is 0 Å². The van der Waals surface area contributed by atoms with E-state index in [1.165, 1.54) is 0 Å². The van der Waals surface area contributed by atoms with Gasteiger partial charge in [0.1, 0.15) is 0 Å². The fourth-order valence-electron chi connectivity index (χ4n) is 2.36. The first-order valence-corrected chi connectivity index (χ1v) is 6.57. The molecule has 1 aromatic heterocycles. The van der Waals surface area contributed by atoms with Crippen LogP contribution in [0.25, 0.3) is 10.9 Å². The zero-order chi connectivity index (χ0) is 13.2. The first-order chi connectivity index (χ1) is 9.24. The molecular weight excluding hydrogens is 238 g/mol. The second-order valence-electron chi connectivity index (χ2n) is 5.00. The molecule has 0 unspecified atom stereocenters. The maximum absolute atomic E-state index is 6.22. The summed E-state index contributed by atoms with van der Waals surface area (Å²) in [5.41, 5.74) is 12.3. The maximum Gasteiger partial charge on any atom is 0.0727 e. The van der Waals surface area contributed by atoms with E-state index in [9.17, 15) is 0 Å². The summed E-state index contributed by atoms with van der Waals surface area (Å²) in [6.45, 7) is 4.14. The Bertz CT molecular complexity index is 575. The first kappa shape index (κ1) is 12.2. The molecule has 19 heavy (non-hydrogen) atoms. The summed E-state index contributed by atoms with van der Waals surface area (Å²) in [6.07, 6.45) is 1.79. The fraction of sp³-hybridized carbons (Fsp3) is 0.357. The number of nitrogens with two attached hydrogens (primary N) is 1. The lowest BCUT2D eigenvalue weighted by Gasteiger charge is -2.33. The summed E-state index contributed by atoms with van der Waals surface area (Å²) in [5, 5.41) is 3.22. The zero-order valence-corrected chi connectivity index (χ0v) is 11.1. The molecule has 5 nitrogen and oxygen atoms in total. The topological polar surface area (TPSA) is 57.4 Å². The van der Waals surface area contributed by atoms with Crippen LogP contribution >= 0.6 is 0 Å². The molecule has 1 aliphatic heterocycles. The number of hydrogen-bond donors (Lipinski definition) is 2. The molecule has 2 aromatic rings. The quantitative estimate of drug-likeness (QED) is 0.796. The normalized spacial score (nSPS) is 17.7. The highest BCUT2D eigenvalue weighted by atomic mass is 15.5. The summed E-state index contributed by atoms with van der Waals surface area (Å²) in [7, 11) is 2.15. The number of hydrazine groups is 1. The number of anilines is 2. The Morgan fingerprint density at radius 3 is 2.74 bits per heavy atom. The number of rotatable bonds is 2. The average molecular weight is 257 g/mol. The minimum absolute atomic E-state index is 0.768. The van der Waals surface area contributed by atoms with E-state index < -0.39 is 0 Å². The van der Waals surface area contributed by atoms with E-state index in [4.69, 9.17) is 5.73 Å². The van der Waals surface area contributed by atoms with Crippen LogP contribution in [0.15, 0.2) is 30.5 Å². The molecule has 1 aliphatic rings. The third-order valence-electron chi connectivity index (χ3n) is 3.61. The smallest absolute Gasteiger partial charge is 0.0727 e. The number of fused-ring (bicyclic) bond motifs is 1. The second-order valence-corrected chi connectivity index (χ2v) is 5.00. The summed E-state index contributed by atoms with van der Waals surface area (Å²) < 4.78 is 0. The monoisotopic (exact) mass is 257 g/mol. The van der Waals surface area contributed by atoms with Crippen LogP contribution < -0.4 is 11.2 Å². The van der Waals surface area contributed by atoms with Gasteiger partial charge in [-0.1, -0.05) is 0 Å². The number of likely N-dealkylation sites (N-methyl/N-ethyl adjacent to an activating group) is 1. The van der Waals surface area contributed by atoms with E-state index in [1.807, 2.05) is 24.3 Å². The van der Waals surface area contributed by atoms with Crippen molar-refractivity contribution in [3.63, 3.8) is 0 Å². The number of nitrogens with one attached hydrogen (secondary N) is 1. The number of piperazine rings is 1. The molecule has 3 rings (SSSR count). The van der Waals surface area contributed by atoms with E-state index >= 15 is 0 Å². The number of nitrogens with zero attached hydrogens (tertiary/aromatic N) is 3. The van der Waals surface area contributed by atoms with Crippen molar-refractivity contribution >= 4 is 22.3 Å². The molecule has 0 bridgehead atoms. The van der Waals surface area contributed by atoms with Gasteiger partial charge in [-0.3, -0.25) is 4.98 Å². The minimum atomic E-state index is 0.768. The number of aromatic nitrogens is 1. The van der Waals surface area contributed by atoms with Crippen LogP contribution in [0.4, 0.5) is 11.4 Å². The van der Waals surface area contributed by atoms with Gasteiger partial charge >= 0.3 is 0 Å². The van der Waals surface area contributed by atoms with E-state index in [0.717, 1.165) is 48.5 Å². The Hall–Kier alpha value is -1.85. The summed E-state index contributed by atoms with van der Waals surface area (Å²) in [4.78, 5) is 6.64. The molecule has 0 radical (unpaired) electrons. The largest absolute Gasteiger partial charge is 0.396 e. The van der Waals surface area contributed by atoms with Crippen LogP contribution in [0.5, 0.6) is 0 Å². The van der Waals surface area contributed by atoms with Gasteiger partial charge in [-0.25, -0.2) is 5.01 Å². The van der Waals surface area contributed by atoms with Gasteiger partial charge in [0, 0.05) is 37.8 Å². The lowest BCUT2D eigenvalue weighted by molar-refractivity contribution is 0.179. The molecule has 0 aliphatic carbocycles. The molecule has 1 fully saturated rings. The first-order valence-electron chi connectivity index (χ1n) is 6.57. The van der Waals surface area contributed by atoms with Crippen molar-refractivity contribution in [2.45, 2.75) is 0 Å². The van der Waals surface area contributed by atoms with Crippen LogP contribution in [0.2, 0.25) is 0 Å². The molecule has 100 valence electrons. The third-order valence-corrected chi connectivity index (χ3v) is 3.61. The highest BCUT2D eigenvalue weighted by molar-refractivity contribution is 5.96. The van der Waals surface area contributed by atoms with E-state index in [1.54, 1.807) is 6.20 Å². The van der Waals surface area contributed by atoms with Crippen molar-refractivity contribution < 1.29 is 0 Å². The number of nitrogen functional groups attached to an aromatic ring is 1. The second kappa shape index (κ2) is 5.03. The molecule has 3 N–H and O–H groups in total. The van der Waals surface area contributed by atoms with Crippen molar-refractivity contribution in [3.05, 3.63) is 30.5 Å². The molecule has 0 amide bonds. The fourth-order valence-corrected chi connectivity index (χ4v) is 2.36. The predicted molar refractivity (Wildman–Crippen MR) is 78.8 cm³/mol. The molecule has 0 saturated carbocycles. The van der Waals surface area contributed by atoms with Crippen LogP contribution in [0, 0.1) is 0 Å². The Balaban J connectivity index is 1.83. The molecular formula is C14H19N5. The van der Waals surface area contributed by atoms with Gasteiger partial charge in [0.2, 0.25) is 0 Å². The molecule has 5 heteroatoms. The summed E-state index contributed by atoms with van der Waals surface area (Å²) in [5.74, 6) is 0. The van der Waals surface area contributed by atoms with Crippen LogP contribution in [-0.2, 0) is 0 Å². The van der Waals surface area contributed by atoms with Crippen molar-refractivity contribution in [2.24, 2.45) is 0 Å². The van der Waals surface area contributed by atoms with Gasteiger partial charge in [0.25, 0.3) is 0 Å². The van der Waals surface area contributed by atoms with Crippen molar-refractivity contribution in [1.82, 2.24) is 14.9 Å². The lowest BCUT2D eigenvalue weighted by Crippen LogP contribution is -2.47. The molecule has 0 spiro atoms. The van der Waals surface area contributed by atoms with E-state index in [2.05, 4.69) is 27.4 Å². The third kappa shape index (κ3) is 2.47. The Labute approximate surface area is 113 Å². The van der Waals surface area contributed by atoms with Crippen LogP contribution in [0.3, 0.4) is 0 Å². The van der Waals surface area contributed by atoms with Crippen molar-refractivity contribution in [1.29, 1.82) is 0 Å². The molecule has 0 atom stereocenters.